The van der Waals surface area contributed by atoms with Gasteiger partial charge in [0.25, 0.3) is 0 Å². The largest absolute Gasteiger partial charge is 0.416 e. The number of nitrogens with one attached hydrogen (secondary N) is 1. The highest BCUT2D eigenvalue weighted by atomic mass is 19.4. The lowest BCUT2D eigenvalue weighted by atomic mass is 10.1. The molecule has 0 fully saturated rings. The number of carbonyl (C=O) groups excluding carboxylic acids is 1. The van der Waals surface area contributed by atoms with Crippen LogP contribution < -0.4 is 5.32 Å². The fourth-order valence-electron chi connectivity index (χ4n) is 2.66. The van der Waals surface area contributed by atoms with Gasteiger partial charge in [-0.25, -0.2) is 9.37 Å². The third-order valence-electron chi connectivity index (χ3n) is 3.96. The van der Waals surface area contributed by atoms with E-state index in [2.05, 4.69) is 10.3 Å². The van der Waals surface area contributed by atoms with E-state index in [1.54, 1.807) is 10.9 Å². The van der Waals surface area contributed by atoms with Gasteiger partial charge >= 0.3 is 6.18 Å². The Morgan fingerprint density at radius 3 is 2.69 bits per heavy atom. The lowest BCUT2D eigenvalue weighted by Crippen LogP contribution is -2.25. The van der Waals surface area contributed by atoms with Gasteiger partial charge in [-0.2, -0.15) is 13.2 Å². The lowest BCUT2D eigenvalue weighted by Gasteiger charge is -2.13. The molecule has 0 aliphatic rings. The van der Waals surface area contributed by atoms with Gasteiger partial charge in [0.2, 0.25) is 5.91 Å². The van der Waals surface area contributed by atoms with Crippen LogP contribution in [0, 0.1) is 5.82 Å². The van der Waals surface area contributed by atoms with Crippen molar-refractivity contribution < 1.29 is 22.4 Å². The number of halogens is 4. The molecule has 1 heterocycles. The smallest absolute Gasteiger partial charge is 0.352 e. The van der Waals surface area contributed by atoms with Gasteiger partial charge < -0.3 is 9.88 Å². The minimum Gasteiger partial charge on any atom is -0.352 e. The van der Waals surface area contributed by atoms with Crippen molar-refractivity contribution in [2.24, 2.45) is 0 Å². The van der Waals surface area contributed by atoms with Crippen LogP contribution in [0.3, 0.4) is 0 Å². The monoisotopic (exact) mass is 365 g/mol. The SMILES string of the molecule is O=C(CCn1cnc2ccccc21)NCc1ccc(F)cc1C(F)(F)F. The number of hydrogen-bond donors (Lipinski definition) is 1. The summed E-state index contributed by atoms with van der Waals surface area (Å²) in [7, 11) is 0. The highest BCUT2D eigenvalue weighted by Crippen LogP contribution is 2.32. The molecule has 0 saturated carbocycles. The summed E-state index contributed by atoms with van der Waals surface area (Å²) in [6, 6.07) is 9.82. The molecular weight excluding hydrogens is 350 g/mol. The standard InChI is InChI=1S/C18H15F4N3O/c19-13-6-5-12(14(9-13)18(20,21)22)10-23-17(26)7-8-25-11-24-15-3-1-2-4-16(15)25/h1-6,9,11H,7-8,10H2,(H,23,26). The summed E-state index contributed by atoms with van der Waals surface area (Å²) in [5.74, 6) is -1.38. The summed E-state index contributed by atoms with van der Waals surface area (Å²) in [5, 5.41) is 2.45. The minimum absolute atomic E-state index is 0.0862. The maximum atomic E-state index is 13.1. The van der Waals surface area contributed by atoms with E-state index in [0.717, 1.165) is 23.2 Å². The number of alkyl halides is 3. The Balaban J connectivity index is 1.61. The van der Waals surface area contributed by atoms with E-state index in [1.807, 2.05) is 24.3 Å². The van der Waals surface area contributed by atoms with E-state index >= 15 is 0 Å². The van der Waals surface area contributed by atoms with Crippen LogP contribution in [-0.4, -0.2) is 15.5 Å². The first kappa shape index (κ1) is 17.9. The second-order valence-corrected chi connectivity index (χ2v) is 5.75. The number of hydrogen-bond acceptors (Lipinski definition) is 2. The van der Waals surface area contributed by atoms with Crippen LogP contribution in [0.25, 0.3) is 11.0 Å². The number of amides is 1. The Labute approximate surface area is 146 Å². The molecule has 0 bridgehead atoms. The number of aromatic nitrogens is 2. The van der Waals surface area contributed by atoms with Crippen molar-refractivity contribution in [2.75, 3.05) is 0 Å². The van der Waals surface area contributed by atoms with Crippen LogP contribution in [-0.2, 0) is 24.1 Å². The molecule has 0 aliphatic heterocycles. The van der Waals surface area contributed by atoms with Crippen LogP contribution in [0.2, 0.25) is 0 Å². The molecular formula is C18H15F4N3O. The third kappa shape index (κ3) is 4.01. The molecule has 0 atom stereocenters. The average molecular weight is 365 g/mol. The van der Waals surface area contributed by atoms with Crippen LogP contribution >= 0.6 is 0 Å². The van der Waals surface area contributed by atoms with Crippen molar-refractivity contribution in [1.29, 1.82) is 0 Å². The highest BCUT2D eigenvalue weighted by molar-refractivity contribution is 5.77. The first-order chi connectivity index (χ1) is 12.3. The summed E-state index contributed by atoms with van der Waals surface area (Å²) in [5.41, 5.74) is 0.408. The maximum Gasteiger partial charge on any atom is 0.416 e. The zero-order valence-corrected chi connectivity index (χ0v) is 13.6. The van der Waals surface area contributed by atoms with Gasteiger partial charge in [-0.1, -0.05) is 18.2 Å². The van der Waals surface area contributed by atoms with Crippen molar-refractivity contribution in [3.05, 3.63) is 65.7 Å². The second kappa shape index (κ2) is 7.15. The van der Waals surface area contributed by atoms with Gasteiger partial charge in [-0.3, -0.25) is 4.79 Å². The van der Waals surface area contributed by atoms with E-state index < -0.39 is 23.5 Å². The number of rotatable bonds is 5. The van der Waals surface area contributed by atoms with E-state index in [1.165, 1.54) is 0 Å². The lowest BCUT2D eigenvalue weighted by molar-refractivity contribution is -0.138. The molecule has 136 valence electrons. The molecule has 1 amide bonds. The second-order valence-electron chi connectivity index (χ2n) is 5.75. The minimum atomic E-state index is -4.68. The number of carbonyl (C=O) groups is 1. The zero-order valence-electron chi connectivity index (χ0n) is 13.6. The normalized spacial score (nSPS) is 11.7. The first-order valence-electron chi connectivity index (χ1n) is 7.87. The fraction of sp³-hybridized carbons (Fsp3) is 0.222. The number of para-hydroxylation sites is 2. The number of imidazole rings is 1. The Morgan fingerprint density at radius 1 is 1.15 bits per heavy atom. The number of fused-ring (bicyclic) bond motifs is 1. The molecule has 0 spiro atoms. The molecule has 0 unspecified atom stereocenters. The Bertz CT molecular complexity index is 934. The Kier molecular flexibility index (Phi) is 4.92. The molecule has 0 aliphatic carbocycles. The zero-order chi connectivity index (χ0) is 18.7. The van der Waals surface area contributed by atoms with E-state index in [9.17, 15) is 22.4 Å². The van der Waals surface area contributed by atoms with Gasteiger partial charge in [0.1, 0.15) is 5.82 Å². The number of nitrogens with zero attached hydrogens (tertiary/aromatic N) is 2. The van der Waals surface area contributed by atoms with Crippen LogP contribution in [0.1, 0.15) is 17.5 Å². The van der Waals surface area contributed by atoms with Crippen molar-refractivity contribution in [3.8, 4) is 0 Å². The number of benzene rings is 2. The van der Waals surface area contributed by atoms with Crippen molar-refractivity contribution >= 4 is 16.9 Å². The molecule has 0 saturated heterocycles. The molecule has 0 radical (unpaired) electrons. The average Bonchev–Trinajstić information content (AvgIpc) is 3.01. The predicted octanol–water partition coefficient (Wildman–Crippen LogP) is 3.90. The first-order valence-corrected chi connectivity index (χ1v) is 7.87. The summed E-state index contributed by atoms with van der Waals surface area (Å²) in [6.07, 6.45) is -2.99. The highest BCUT2D eigenvalue weighted by Gasteiger charge is 2.33. The van der Waals surface area contributed by atoms with Crippen molar-refractivity contribution in [1.82, 2.24) is 14.9 Å². The van der Waals surface area contributed by atoms with Gasteiger partial charge in [-0.05, 0) is 29.8 Å². The molecule has 2 aromatic carbocycles. The van der Waals surface area contributed by atoms with E-state index in [-0.39, 0.29) is 18.5 Å². The van der Waals surface area contributed by atoms with Crippen molar-refractivity contribution in [2.45, 2.75) is 25.7 Å². The van der Waals surface area contributed by atoms with Gasteiger partial charge in [0.05, 0.1) is 22.9 Å². The fourth-order valence-corrected chi connectivity index (χ4v) is 2.66. The molecule has 3 aromatic rings. The third-order valence-corrected chi connectivity index (χ3v) is 3.96. The molecule has 1 N–H and O–H groups in total. The van der Waals surface area contributed by atoms with Crippen LogP contribution in [0.4, 0.5) is 17.6 Å². The van der Waals surface area contributed by atoms with Gasteiger partial charge in [-0.15, -0.1) is 0 Å². The van der Waals surface area contributed by atoms with Gasteiger partial charge in [0.15, 0.2) is 0 Å². The molecule has 26 heavy (non-hydrogen) atoms. The maximum absolute atomic E-state index is 13.1. The van der Waals surface area contributed by atoms with Crippen LogP contribution in [0.15, 0.2) is 48.8 Å². The predicted molar refractivity (Wildman–Crippen MR) is 87.6 cm³/mol. The molecule has 3 rings (SSSR count). The van der Waals surface area contributed by atoms with E-state index in [0.29, 0.717) is 12.6 Å². The molecule has 4 nitrogen and oxygen atoms in total. The Morgan fingerprint density at radius 2 is 1.92 bits per heavy atom. The van der Waals surface area contributed by atoms with Gasteiger partial charge in [0, 0.05) is 19.5 Å². The topological polar surface area (TPSA) is 46.9 Å². The summed E-state index contributed by atoms with van der Waals surface area (Å²) in [6.45, 7) is 0.0283. The summed E-state index contributed by atoms with van der Waals surface area (Å²) >= 11 is 0. The molecule has 1 aromatic heterocycles. The summed E-state index contributed by atoms with van der Waals surface area (Å²) < 4.78 is 53.7. The molecule has 8 heteroatoms. The number of aryl methyl sites for hydroxylation is 1. The van der Waals surface area contributed by atoms with E-state index in [4.69, 9.17) is 0 Å². The quantitative estimate of drug-likeness (QED) is 0.697. The summed E-state index contributed by atoms with van der Waals surface area (Å²) in [4.78, 5) is 16.2. The van der Waals surface area contributed by atoms with Crippen LogP contribution in [0.5, 0.6) is 0 Å². The Hall–Kier alpha value is -2.90. The van der Waals surface area contributed by atoms with Crippen molar-refractivity contribution in [3.63, 3.8) is 0 Å².